The number of rotatable bonds is 8. The van der Waals surface area contributed by atoms with Crippen LogP contribution in [0.5, 0.6) is 5.75 Å². The Morgan fingerprint density at radius 2 is 1.86 bits per heavy atom. The minimum atomic E-state index is -4.00. The average molecular weight is 402 g/mol. The maximum absolute atomic E-state index is 12.7. The molecular formula is C20H22N2O5S. The predicted molar refractivity (Wildman–Crippen MR) is 106 cm³/mol. The van der Waals surface area contributed by atoms with E-state index in [0.717, 1.165) is 16.5 Å². The summed E-state index contributed by atoms with van der Waals surface area (Å²) in [6, 6.07) is 12.2. The molecule has 1 heterocycles. The van der Waals surface area contributed by atoms with Crippen molar-refractivity contribution in [3.8, 4) is 5.75 Å². The molecule has 8 heteroatoms. The van der Waals surface area contributed by atoms with Crippen molar-refractivity contribution in [1.82, 2.24) is 9.29 Å². The highest BCUT2D eigenvalue weighted by molar-refractivity contribution is 7.89. The van der Waals surface area contributed by atoms with E-state index in [0.29, 0.717) is 12.4 Å². The molecule has 2 N–H and O–H groups in total. The first-order valence-corrected chi connectivity index (χ1v) is 10.3. The molecule has 0 fully saturated rings. The summed E-state index contributed by atoms with van der Waals surface area (Å²) in [5.41, 5.74) is 1.72. The SMILES string of the molecule is CCOc1ccc(S(=O)(=O)NC(Cc2cn(C)c3ccccc23)C(=O)O)cc1. The largest absolute Gasteiger partial charge is 0.494 e. The number of aromatic nitrogens is 1. The summed E-state index contributed by atoms with van der Waals surface area (Å²) >= 11 is 0. The Labute approximate surface area is 163 Å². The van der Waals surface area contributed by atoms with Gasteiger partial charge in [0.25, 0.3) is 0 Å². The van der Waals surface area contributed by atoms with Crippen molar-refractivity contribution in [2.75, 3.05) is 6.61 Å². The molecule has 0 amide bonds. The number of carboxylic acid groups (broad SMARTS) is 1. The van der Waals surface area contributed by atoms with E-state index >= 15 is 0 Å². The van der Waals surface area contributed by atoms with Crippen LogP contribution in [0.3, 0.4) is 0 Å². The smallest absolute Gasteiger partial charge is 0.322 e. The highest BCUT2D eigenvalue weighted by atomic mass is 32.2. The Hall–Kier alpha value is -2.84. The number of sulfonamides is 1. The Kier molecular flexibility index (Phi) is 5.71. The minimum Gasteiger partial charge on any atom is -0.494 e. The van der Waals surface area contributed by atoms with E-state index < -0.39 is 22.0 Å². The van der Waals surface area contributed by atoms with E-state index in [1.807, 2.05) is 49.0 Å². The number of para-hydroxylation sites is 1. The third-order valence-electron chi connectivity index (χ3n) is 4.44. The van der Waals surface area contributed by atoms with Gasteiger partial charge >= 0.3 is 5.97 Å². The topological polar surface area (TPSA) is 97.6 Å². The number of hydrogen-bond donors (Lipinski definition) is 2. The number of aryl methyl sites for hydroxylation is 1. The maximum atomic E-state index is 12.7. The summed E-state index contributed by atoms with van der Waals surface area (Å²) < 4.78 is 34.8. The molecule has 7 nitrogen and oxygen atoms in total. The lowest BCUT2D eigenvalue weighted by molar-refractivity contribution is -0.138. The fourth-order valence-corrected chi connectivity index (χ4v) is 4.31. The van der Waals surface area contributed by atoms with Crippen LogP contribution in [-0.2, 0) is 28.3 Å². The molecule has 0 spiro atoms. The number of benzene rings is 2. The van der Waals surface area contributed by atoms with Crippen LogP contribution in [0.15, 0.2) is 59.6 Å². The van der Waals surface area contributed by atoms with Crippen molar-refractivity contribution in [3.63, 3.8) is 0 Å². The van der Waals surface area contributed by atoms with Gasteiger partial charge in [0.05, 0.1) is 11.5 Å². The zero-order valence-corrected chi connectivity index (χ0v) is 16.4. The van der Waals surface area contributed by atoms with Gasteiger partial charge in [0.2, 0.25) is 10.0 Å². The number of carbonyl (C=O) groups is 1. The number of hydrogen-bond acceptors (Lipinski definition) is 4. The molecule has 1 atom stereocenters. The van der Waals surface area contributed by atoms with Gasteiger partial charge in [-0.15, -0.1) is 0 Å². The second-order valence-electron chi connectivity index (χ2n) is 6.40. The summed E-state index contributed by atoms with van der Waals surface area (Å²) in [4.78, 5) is 11.7. The Bertz CT molecular complexity index is 1090. The molecule has 0 saturated heterocycles. The molecule has 1 aromatic heterocycles. The Morgan fingerprint density at radius 1 is 1.18 bits per heavy atom. The number of nitrogens with one attached hydrogen (secondary N) is 1. The Balaban J connectivity index is 1.85. The molecule has 0 bridgehead atoms. The molecule has 2 aromatic carbocycles. The van der Waals surface area contributed by atoms with E-state index in [1.54, 1.807) is 12.1 Å². The van der Waals surface area contributed by atoms with Crippen LogP contribution < -0.4 is 9.46 Å². The van der Waals surface area contributed by atoms with E-state index in [4.69, 9.17) is 4.74 Å². The van der Waals surface area contributed by atoms with Crippen LogP contribution in [0.2, 0.25) is 0 Å². The van der Waals surface area contributed by atoms with Gasteiger partial charge < -0.3 is 14.4 Å². The van der Waals surface area contributed by atoms with Crippen molar-refractivity contribution in [3.05, 3.63) is 60.3 Å². The molecule has 0 radical (unpaired) electrons. The van der Waals surface area contributed by atoms with Crippen molar-refractivity contribution in [1.29, 1.82) is 0 Å². The van der Waals surface area contributed by atoms with Crippen LogP contribution in [0, 0.1) is 0 Å². The molecule has 0 aliphatic heterocycles. The van der Waals surface area contributed by atoms with Gasteiger partial charge in [0, 0.05) is 30.6 Å². The summed E-state index contributed by atoms with van der Waals surface area (Å²) in [5.74, 6) is -0.686. The van der Waals surface area contributed by atoms with E-state index in [1.165, 1.54) is 12.1 Å². The molecule has 3 rings (SSSR count). The summed E-state index contributed by atoms with van der Waals surface area (Å²) in [6.07, 6.45) is 1.86. The molecule has 1 unspecified atom stereocenters. The quantitative estimate of drug-likeness (QED) is 0.603. The first-order valence-electron chi connectivity index (χ1n) is 8.82. The first kappa shape index (κ1) is 19.9. The predicted octanol–water partition coefficient (Wildman–Crippen LogP) is 2.55. The second-order valence-corrected chi connectivity index (χ2v) is 8.12. The number of aliphatic carboxylic acids is 1. The van der Waals surface area contributed by atoms with E-state index in [-0.39, 0.29) is 11.3 Å². The number of ether oxygens (including phenoxy) is 1. The zero-order chi connectivity index (χ0) is 20.3. The van der Waals surface area contributed by atoms with Crippen molar-refractivity contribution in [2.45, 2.75) is 24.3 Å². The Morgan fingerprint density at radius 3 is 2.50 bits per heavy atom. The van der Waals surface area contributed by atoms with Gasteiger partial charge in [-0.05, 0) is 42.8 Å². The van der Waals surface area contributed by atoms with Gasteiger partial charge in [-0.2, -0.15) is 4.72 Å². The standard InChI is InChI=1S/C20H22N2O5S/c1-3-27-15-8-10-16(11-9-15)28(25,26)21-18(20(23)24)12-14-13-22(2)19-7-5-4-6-17(14)19/h4-11,13,18,21H,3,12H2,1-2H3,(H,23,24). The number of nitrogens with zero attached hydrogens (tertiary/aromatic N) is 1. The lowest BCUT2D eigenvalue weighted by Crippen LogP contribution is -2.42. The number of carboxylic acids is 1. The van der Waals surface area contributed by atoms with Gasteiger partial charge in [0.1, 0.15) is 11.8 Å². The van der Waals surface area contributed by atoms with Gasteiger partial charge in [-0.1, -0.05) is 18.2 Å². The van der Waals surface area contributed by atoms with Crippen molar-refractivity contribution in [2.24, 2.45) is 7.05 Å². The molecule has 0 aliphatic rings. The van der Waals surface area contributed by atoms with Crippen LogP contribution in [0.25, 0.3) is 10.9 Å². The minimum absolute atomic E-state index is 0.0138. The summed E-state index contributed by atoms with van der Waals surface area (Å²) in [6.45, 7) is 2.30. The molecule has 0 saturated carbocycles. The lowest BCUT2D eigenvalue weighted by Gasteiger charge is -2.15. The monoisotopic (exact) mass is 402 g/mol. The summed E-state index contributed by atoms with van der Waals surface area (Å²) in [7, 11) is -2.13. The fraction of sp³-hybridized carbons (Fsp3) is 0.250. The maximum Gasteiger partial charge on any atom is 0.322 e. The third kappa shape index (κ3) is 4.18. The van der Waals surface area contributed by atoms with Crippen LogP contribution in [0.1, 0.15) is 12.5 Å². The molecule has 28 heavy (non-hydrogen) atoms. The lowest BCUT2D eigenvalue weighted by atomic mass is 10.1. The van der Waals surface area contributed by atoms with E-state index in [9.17, 15) is 18.3 Å². The van der Waals surface area contributed by atoms with Gasteiger partial charge in [0.15, 0.2) is 0 Å². The zero-order valence-electron chi connectivity index (χ0n) is 15.6. The van der Waals surface area contributed by atoms with Gasteiger partial charge in [-0.25, -0.2) is 8.42 Å². The van der Waals surface area contributed by atoms with Crippen LogP contribution in [-0.4, -0.2) is 36.7 Å². The normalized spacial score (nSPS) is 12.8. The second kappa shape index (κ2) is 8.04. The van der Waals surface area contributed by atoms with Gasteiger partial charge in [-0.3, -0.25) is 4.79 Å². The van der Waals surface area contributed by atoms with E-state index in [2.05, 4.69) is 4.72 Å². The first-order chi connectivity index (χ1) is 13.3. The third-order valence-corrected chi connectivity index (χ3v) is 5.93. The average Bonchev–Trinajstić information content (AvgIpc) is 2.98. The molecule has 0 aliphatic carbocycles. The molecule has 3 aromatic rings. The van der Waals surface area contributed by atoms with Crippen molar-refractivity contribution >= 4 is 26.9 Å². The number of fused-ring (bicyclic) bond motifs is 1. The fourth-order valence-electron chi connectivity index (χ4n) is 3.12. The molecule has 148 valence electrons. The highest BCUT2D eigenvalue weighted by Gasteiger charge is 2.26. The van der Waals surface area contributed by atoms with Crippen LogP contribution >= 0.6 is 0 Å². The van der Waals surface area contributed by atoms with Crippen molar-refractivity contribution < 1.29 is 23.1 Å². The highest BCUT2D eigenvalue weighted by Crippen LogP contribution is 2.22. The molecular weight excluding hydrogens is 380 g/mol. The summed E-state index contributed by atoms with van der Waals surface area (Å²) in [5, 5.41) is 10.5. The van der Waals surface area contributed by atoms with Crippen LogP contribution in [0.4, 0.5) is 0 Å².